The maximum absolute atomic E-state index is 14.9. The smallest absolute Gasteiger partial charge is 0.206 e. The molecule has 3 atom stereocenters. The Morgan fingerprint density at radius 3 is 2.45 bits per heavy atom. The molecule has 0 aromatic heterocycles. The second-order valence-electron chi connectivity index (χ2n) is 8.60. The Kier molecular flexibility index (Phi) is 5.43. The molecular formula is C24H25F5. The van der Waals surface area contributed by atoms with E-state index in [1.165, 1.54) is 25.7 Å². The van der Waals surface area contributed by atoms with Crippen LogP contribution in [-0.2, 0) is 12.6 Å². The van der Waals surface area contributed by atoms with E-state index in [1.54, 1.807) is 12.1 Å². The number of hydrogen-bond donors (Lipinski definition) is 0. The number of rotatable bonds is 3. The minimum atomic E-state index is -4.76. The molecule has 2 aromatic rings. The van der Waals surface area contributed by atoms with Gasteiger partial charge < -0.3 is 0 Å². The number of benzene rings is 2. The lowest BCUT2D eigenvalue weighted by molar-refractivity contribution is -0.139. The lowest BCUT2D eigenvalue weighted by Crippen LogP contribution is -2.28. The summed E-state index contributed by atoms with van der Waals surface area (Å²) < 4.78 is 67.3. The molecule has 2 aliphatic rings. The van der Waals surface area contributed by atoms with Crippen molar-refractivity contribution in [3.05, 3.63) is 58.7 Å². The van der Waals surface area contributed by atoms with Gasteiger partial charge in [-0.25, -0.2) is 8.78 Å². The Bertz CT molecular complexity index is 899. The van der Waals surface area contributed by atoms with Crippen LogP contribution in [0.5, 0.6) is 0 Å². The van der Waals surface area contributed by atoms with E-state index >= 15 is 0 Å². The van der Waals surface area contributed by atoms with Crippen molar-refractivity contribution in [2.75, 3.05) is 0 Å². The molecule has 29 heavy (non-hydrogen) atoms. The fourth-order valence-corrected chi connectivity index (χ4v) is 5.43. The molecule has 156 valence electrons. The van der Waals surface area contributed by atoms with E-state index in [-0.39, 0.29) is 11.1 Å². The summed E-state index contributed by atoms with van der Waals surface area (Å²) >= 11 is 0. The second-order valence-corrected chi connectivity index (χ2v) is 8.60. The third-order valence-corrected chi connectivity index (χ3v) is 6.79. The van der Waals surface area contributed by atoms with Crippen LogP contribution in [0, 0.1) is 23.5 Å². The maximum atomic E-state index is 14.9. The first-order valence-electron chi connectivity index (χ1n) is 10.5. The van der Waals surface area contributed by atoms with Crippen LogP contribution in [0.25, 0.3) is 11.1 Å². The summed E-state index contributed by atoms with van der Waals surface area (Å²) in [4.78, 5) is 0. The minimum Gasteiger partial charge on any atom is -0.206 e. The van der Waals surface area contributed by atoms with Crippen LogP contribution in [-0.4, -0.2) is 0 Å². The first kappa shape index (κ1) is 20.4. The van der Waals surface area contributed by atoms with Gasteiger partial charge >= 0.3 is 6.18 Å². The Balaban J connectivity index is 1.64. The number of fused-ring (bicyclic) bond motifs is 3. The van der Waals surface area contributed by atoms with E-state index in [1.807, 2.05) is 0 Å². The molecule has 0 bridgehead atoms. The van der Waals surface area contributed by atoms with Gasteiger partial charge in [-0.3, -0.25) is 0 Å². The molecule has 0 unspecified atom stereocenters. The van der Waals surface area contributed by atoms with E-state index in [2.05, 4.69) is 6.92 Å². The first-order valence-corrected chi connectivity index (χ1v) is 10.5. The van der Waals surface area contributed by atoms with Gasteiger partial charge in [-0.05, 0) is 90.8 Å². The molecule has 0 spiro atoms. The monoisotopic (exact) mass is 408 g/mol. The van der Waals surface area contributed by atoms with Gasteiger partial charge in [0.2, 0.25) is 0 Å². The van der Waals surface area contributed by atoms with E-state index < -0.39 is 23.4 Å². The third-order valence-electron chi connectivity index (χ3n) is 6.79. The van der Waals surface area contributed by atoms with Gasteiger partial charge in [0, 0.05) is 5.56 Å². The zero-order valence-electron chi connectivity index (χ0n) is 16.5. The summed E-state index contributed by atoms with van der Waals surface area (Å²) in [5.41, 5.74) is 1.09. The van der Waals surface area contributed by atoms with Gasteiger partial charge in [-0.1, -0.05) is 25.8 Å². The quantitative estimate of drug-likeness (QED) is 0.453. The zero-order chi connectivity index (χ0) is 20.8. The van der Waals surface area contributed by atoms with E-state index in [0.717, 1.165) is 48.4 Å². The summed E-state index contributed by atoms with van der Waals surface area (Å²) in [6.45, 7) is 2.21. The predicted molar refractivity (Wildman–Crippen MR) is 104 cm³/mol. The average Bonchev–Trinajstić information content (AvgIpc) is 2.66. The number of alkyl halides is 3. The topological polar surface area (TPSA) is 0 Å². The molecule has 1 fully saturated rings. The number of aryl methyl sites for hydroxylation is 1. The highest BCUT2D eigenvalue weighted by Crippen LogP contribution is 2.49. The van der Waals surface area contributed by atoms with Crippen molar-refractivity contribution in [3.8, 4) is 11.1 Å². The van der Waals surface area contributed by atoms with Crippen molar-refractivity contribution >= 4 is 0 Å². The minimum absolute atomic E-state index is 0.143. The molecule has 4 rings (SSSR count). The van der Waals surface area contributed by atoms with Crippen LogP contribution >= 0.6 is 0 Å². The van der Waals surface area contributed by atoms with Gasteiger partial charge in [0.15, 0.2) is 0 Å². The Labute approximate surface area is 168 Å². The molecule has 0 amide bonds. The van der Waals surface area contributed by atoms with Gasteiger partial charge in [-0.15, -0.1) is 0 Å². The van der Waals surface area contributed by atoms with Crippen molar-refractivity contribution < 1.29 is 22.0 Å². The Morgan fingerprint density at radius 2 is 1.76 bits per heavy atom. The zero-order valence-corrected chi connectivity index (χ0v) is 16.5. The molecule has 0 radical (unpaired) electrons. The fourth-order valence-electron chi connectivity index (χ4n) is 5.43. The molecule has 0 aliphatic heterocycles. The van der Waals surface area contributed by atoms with Crippen LogP contribution in [0.3, 0.4) is 0 Å². The Hall–Kier alpha value is -1.91. The molecule has 2 aromatic carbocycles. The first-order chi connectivity index (χ1) is 13.8. The van der Waals surface area contributed by atoms with Crippen molar-refractivity contribution in [3.63, 3.8) is 0 Å². The van der Waals surface area contributed by atoms with Gasteiger partial charge in [0.1, 0.15) is 11.6 Å². The standard InChI is InChI=1S/C24H25F5/c1-2-3-14-4-8-18-15(10-14)5-6-16-11-20(22(25)13-19(16)18)17-7-9-21(23(26)12-17)24(27,28)29/h7,9,11-15,18H,2-6,8,10H2,1H3/t14-,15-,18+/m1/s1. The summed E-state index contributed by atoms with van der Waals surface area (Å²) in [5.74, 6) is -0.149. The fraction of sp³-hybridized carbons (Fsp3) is 0.500. The highest BCUT2D eigenvalue weighted by Gasteiger charge is 2.36. The highest BCUT2D eigenvalue weighted by molar-refractivity contribution is 5.67. The molecule has 0 nitrogen and oxygen atoms in total. The average molecular weight is 408 g/mol. The predicted octanol–water partition coefficient (Wildman–Crippen LogP) is 7.90. The van der Waals surface area contributed by atoms with Gasteiger partial charge in [0.25, 0.3) is 0 Å². The van der Waals surface area contributed by atoms with Crippen LogP contribution in [0.1, 0.15) is 68.1 Å². The normalized spacial score (nSPS) is 24.1. The van der Waals surface area contributed by atoms with Gasteiger partial charge in [-0.2, -0.15) is 13.2 Å². The molecule has 0 N–H and O–H groups in total. The van der Waals surface area contributed by atoms with Crippen LogP contribution in [0.4, 0.5) is 22.0 Å². The van der Waals surface area contributed by atoms with E-state index in [9.17, 15) is 22.0 Å². The summed E-state index contributed by atoms with van der Waals surface area (Å²) in [6.07, 6.45) is 3.02. The van der Waals surface area contributed by atoms with Crippen LogP contribution in [0.2, 0.25) is 0 Å². The molecule has 0 saturated heterocycles. The third kappa shape index (κ3) is 3.93. The molecule has 5 heteroatoms. The Morgan fingerprint density at radius 1 is 0.966 bits per heavy atom. The van der Waals surface area contributed by atoms with Crippen LogP contribution < -0.4 is 0 Å². The molecular weight excluding hydrogens is 383 g/mol. The van der Waals surface area contributed by atoms with Crippen molar-refractivity contribution in [2.45, 2.75) is 64.0 Å². The summed E-state index contributed by atoms with van der Waals surface area (Å²) in [6, 6.07) is 5.90. The molecule has 1 saturated carbocycles. The molecule has 0 heterocycles. The second kappa shape index (κ2) is 7.73. The van der Waals surface area contributed by atoms with Crippen molar-refractivity contribution in [1.29, 1.82) is 0 Å². The van der Waals surface area contributed by atoms with E-state index in [0.29, 0.717) is 17.9 Å². The number of halogens is 5. The summed E-state index contributed by atoms with van der Waals surface area (Å²) in [7, 11) is 0. The largest absolute Gasteiger partial charge is 0.419 e. The summed E-state index contributed by atoms with van der Waals surface area (Å²) in [5, 5.41) is 0. The van der Waals surface area contributed by atoms with Gasteiger partial charge in [0.05, 0.1) is 5.56 Å². The van der Waals surface area contributed by atoms with Crippen LogP contribution in [0.15, 0.2) is 30.3 Å². The number of hydrogen-bond acceptors (Lipinski definition) is 0. The SMILES string of the molecule is CCC[C@@H]1CC[C@@H]2c3cc(F)c(-c4ccc(C(F)(F)F)c(F)c4)cc3CC[C@@H]2C1. The lowest BCUT2D eigenvalue weighted by atomic mass is 9.64. The van der Waals surface area contributed by atoms with E-state index in [4.69, 9.17) is 0 Å². The lowest BCUT2D eigenvalue weighted by Gasteiger charge is -2.41. The van der Waals surface area contributed by atoms with Crippen molar-refractivity contribution in [1.82, 2.24) is 0 Å². The van der Waals surface area contributed by atoms with Crippen molar-refractivity contribution in [2.24, 2.45) is 11.8 Å². The highest BCUT2D eigenvalue weighted by atomic mass is 19.4. The molecule has 2 aliphatic carbocycles. The maximum Gasteiger partial charge on any atom is 0.419 e.